The molecule has 166 valence electrons. The van der Waals surface area contributed by atoms with Gasteiger partial charge in [0.05, 0.1) is 21.6 Å². The smallest absolute Gasteiger partial charge is 0.311 e. The van der Waals surface area contributed by atoms with Gasteiger partial charge >= 0.3 is 18.7 Å². The van der Waals surface area contributed by atoms with Crippen LogP contribution in [0.5, 0.6) is 0 Å². The zero-order valence-electron chi connectivity index (χ0n) is 14.4. The van der Waals surface area contributed by atoms with E-state index in [-0.39, 0.29) is 22.9 Å². The van der Waals surface area contributed by atoms with Gasteiger partial charge in [-0.05, 0) is 24.3 Å². The Balaban J connectivity index is 2.36. The largest absolute Gasteiger partial charge is 0.591 e. The van der Waals surface area contributed by atoms with Gasteiger partial charge in [-0.3, -0.25) is 10.1 Å². The topological polar surface area (TPSA) is 70.2 Å². The molecule has 0 bridgehead atoms. The van der Waals surface area contributed by atoms with Crippen molar-refractivity contribution in [1.82, 2.24) is 9.71 Å². The van der Waals surface area contributed by atoms with Crippen LogP contribution in [-0.4, -0.2) is 21.0 Å². The van der Waals surface area contributed by atoms with Crippen LogP contribution in [0.1, 0.15) is 11.1 Å². The molecular weight excluding hydrogens is 453 g/mol. The number of hydrogen-bond acceptors (Lipinski definition) is 4. The second-order valence-corrected chi connectivity index (χ2v) is 5.99. The van der Waals surface area contributed by atoms with Gasteiger partial charge in [-0.1, -0.05) is 0 Å². The van der Waals surface area contributed by atoms with Gasteiger partial charge in [-0.25, -0.2) is 4.98 Å². The van der Waals surface area contributed by atoms with E-state index >= 15 is 0 Å². The van der Waals surface area contributed by atoms with Crippen molar-refractivity contribution in [2.75, 3.05) is 0 Å². The Morgan fingerprint density at radius 1 is 0.871 bits per heavy atom. The third-order valence-electron chi connectivity index (χ3n) is 3.85. The van der Waals surface area contributed by atoms with Crippen LogP contribution in [0.2, 0.25) is 0 Å². The number of rotatable bonds is 3. The molecule has 6 nitrogen and oxygen atoms in total. The molecule has 0 atom stereocenters. The number of hydrogen-bond donors (Lipinski definition) is 0. The lowest BCUT2D eigenvalue weighted by Crippen LogP contribution is -2.27. The summed E-state index contributed by atoms with van der Waals surface area (Å²) in [6.45, 7) is 0. The van der Waals surface area contributed by atoms with Crippen LogP contribution in [0.4, 0.5) is 45.2 Å². The number of benzene rings is 2. The Kier molecular flexibility index (Phi) is 5.02. The first-order valence-corrected chi connectivity index (χ1v) is 7.79. The molecule has 0 spiro atoms. The number of alkyl halides is 9. The molecule has 15 heteroatoms. The summed E-state index contributed by atoms with van der Waals surface area (Å²) in [5.41, 5.74) is -6.43. The molecule has 0 N–H and O–H groups in total. The number of nitro benzene ring substituents is 1. The Hall–Kier alpha value is -3.52. The average molecular weight is 459 g/mol. The molecule has 0 fully saturated rings. The van der Waals surface area contributed by atoms with Crippen molar-refractivity contribution in [2.24, 2.45) is 0 Å². The van der Waals surface area contributed by atoms with E-state index in [1.807, 2.05) is 0 Å². The summed E-state index contributed by atoms with van der Waals surface area (Å²) in [7, 11) is 0. The van der Waals surface area contributed by atoms with Crippen molar-refractivity contribution in [3.63, 3.8) is 0 Å². The predicted molar refractivity (Wildman–Crippen MR) is 84.5 cm³/mol. The maximum Gasteiger partial charge on any atom is 0.591 e. The fourth-order valence-corrected chi connectivity index (χ4v) is 2.62. The highest BCUT2D eigenvalue weighted by molar-refractivity contribution is 5.82. The van der Waals surface area contributed by atoms with Crippen LogP contribution in [0, 0.1) is 10.1 Å². The van der Waals surface area contributed by atoms with Gasteiger partial charge in [0.25, 0.3) is 5.69 Å². The molecule has 0 saturated heterocycles. The molecule has 3 rings (SSSR count). The third kappa shape index (κ3) is 4.64. The van der Waals surface area contributed by atoms with E-state index in [2.05, 4.69) is 9.82 Å². The van der Waals surface area contributed by atoms with Gasteiger partial charge in [-0.15, -0.1) is 13.2 Å². The van der Waals surface area contributed by atoms with E-state index < -0.39 is 62.9 Å². The minimum absolute atomic E-state index is 0.154. The van der Waals surface area contributed by atoms with E-state index in [1.54, 1.807) is 0 Å². The summed E-state index contributed by atoms with van der Waals surface area (Å²) < 4.78 is 117. The number of aromatic nitrogens is 2. The van der Waals surface area contributed by atoms with Gasteiger partial charge < -0.3 is 4.84 Å². The maximum absolute atomic E-state index is 13.1. The quantitative estimate of drug-likeness (QED) is 0.291. The van der Waals surface area contributed by atoms with Gasteiger partial charge in [0.15, 0.2) is 5.82 Å². The number of non-ortho nitro benzene ring substituents is 1. The predicted octanol–water partition coefficient (Wildman–Crippen LogP) is 5.60. The van der Waals surface area contributed by atoms with Gasteiger partial charge in [0.1, 0.15) is 5.52 Å². The monoisotopic (exact) mass is 459 g/mol. The Morgan fingerprint density at radius 2 is 1.42 bits per heavy atom. The summed E-state index contributed by atoms with van der Waals surface area (Å²) in [6, 6.07) is 2.37. The van der Waals surface area contributed by atoms with Crippen molar-refractivity contribution < 1.29 is 49.3 Å². The number of fused-ring (bicyclic) bond motifs is 1. The Morgan fingerprint density at radius 3 is 1.87 bits per heavy atom. The molecule has 0 saturated carbocycles. The van der Waals surface area contributed by atoms with Gasteiger partial charge in [0, 0.05) is 17.7 Å². The third-order valence-corrected chi connectivity index (χ3v) is 3.85. The normalized spacial score (nSPS) is 12.9. The number of nitrogens with zero attached hydrogens (tertiary/aromatic N) is 3. The molecule has 3 aromatic rings. The molecule has 0 radical (unpaired) electrons. The maximum atomic E-state index is 13.1. The highest BCUT2D eigenvalue weighted by Crippen LogP contribution is 2.39. The van der Waals surface area contributed by atoms with E-state index in [4.69, 9.17) is 0 Å². The van der Waals surface area contributed by atoms with E-state index in [1.165, 1.54) is 0 Å². The van der Waals surface area contributed by atoms with Crippen LogP contribution in [0.15, 0.2) is 36.4 Å². The fourth-order valence-electron chi connectivity index (χ4n) is 2.62. The lowest BCUT2D eigenvalue weighted by Gasteiger charge is -2.16. The van der Waals surface area contributed by atoms with Crippen molar-refractivity contribution >= 4 is 16.7 Å². The molecule has 0 aliphatic rings. The first-order valence-electron chi connectivity index (χ1n) is 7.79. The van der Waals surface area contributed by atoms with Crippen LogP contribution in [-0.2, 0) is 12.4 Å². The van der Waals surface area contributed by atoms with Crippen LogP contribution >= 0.6 is 0 Å². The summed E-state index contributed by atoms with van der Waals surface area (Å²) in [4.78, 5) is 17.2. The van der Waals surface area contributed by atoms with Crippen molar-refractivity contribution in [1.29, 1.82) is 0 Å². The number of nitro groups is 1. The molecule has 0 unspecified atom stereocenters. The average Bonchev–Trinajstić information content (AvgIpc) is 2.96. The van der Waals surface area contributed by atoms with E-state index in [0.717, 1.165) is 12.1 Å². The second kappa shape index (κ2) is 7.02. The highest BCUT2D eigenvalue weighted by atomic mass is 19.4. The lowest BCUT2D eigenvalue weighted by molar-refractivity contribution is -0.384. The minimum atomic E-state index is -5.46. The summed E-state index contributed by atoms with van der Waals surface area (Å²) >= 11 is 0. The molecular formula is C16H6F9N3O3. The number of halogens is 9. The first kappa shape index (κ1) is 22.2. The van der Waals surface area contributed by atoms with E-state index in [9.17, 15) is 49.6 Å². The molecule has 1 heterocycles. The van der Waals surface area contributed by atoms with Crippen LogP contribution < -0.4 is 4.84 Å². The minimum Gasteiger partial charge on any atom is -0.311 e. The highest BCUT2D eigenvalue weighted by Gasteiger charge is 2.39. The van der Waals surface area contributed by atoms with E-state index in [0.29, 0.717) is 6.07 Å². The second-order valence-electron chi connectivity index (χ2n) is 5.99. The lowest BCUT2D eigenvalue weighted by atomic mass is 10.0. The number of imidazole rings is 1. The SMILES string of the molecule is O=[N+]([O-])c1ccc2nc(-c3cc(C(F)(F)F)cc(C(F)(F)F)c3)n(OC(F)(F)F)c2c1. The van der Waals surface area contributed by atoms with Crippen molar-refractivity contribution in [3.05, 3.63) is 57.6 Å². The molecule has 0 amide bonds. The van der Waals surface area contributed by atoms with Crippen LogP contribution in [0.3, 0.4) is 0 Å². The summed E-state index contributed by atoms with van der Waals surface area (Å²) in [6.07, 6.45) is -16.0. The standard InChI is InChI=1S/C16H6F9N3O3/c17-14(18,19)8-3-7(4-9(5-8)15(20,21)22)13-26-11-2-1-10(28(29)30)6-12(11)27(13)31-16(23,24)25/h1-6H. The molecule has 0 aliphatic carbocycles. The molecule has 2 aromatic carbocycles. The Bertz CT molecular complexity index is 1130. The molecule has 0 aliphatic heterocycles. The fraction of sp³-hybridized carbons (Fsp3) is 0.188. The van der Waals surface area contributed by atoms with Crippen molar-refractivity contribution in [2.45, 2.75) is 18.7 Å². The Labute approximate surface area is 164 Å². The summed E-state index contributed by atoms with van der Waals surface area (Å²) in [5.74, 6) is -1.08. The zero-order chi connectivity index (χ0) is 23.4. The molecule has 1 aromatic heterocycles. The van der Waals surface area contributed by atoms with Gasteiger partial charge in [-0.2, -0.15) is 31.1 Å². The zero-order valence-corrected chi connectivity index (χ0v) is 14.4. The summed E-state index contributed by atoms with van der Waals surface area (Å²) in [5, 5.41) is 10.9. The molecule has 31 heavy (non-hydrogen) atoms. The van der Waals surface area contributed by atoms with Crippen molar-refractivity contribution in [3.8, 4) is 11.4 Å². The van der Waals surface area contributed by atoms with Crippen LogP contribution in [0.25, 0.3) is 22.4 Å². The first-order chi connectivity index (χ1) is 14.1. The van der Waals surface area contributed by atoms with Gasteiger partial charge in [0.2, 0.25) is 0 Å².